The van der Waals surface area contributed by atoms with E-state index in [4.69, 9.17) is 5.73 Å². The van der Waals surface area contributed by atoms with Gasteiger partial charge in [-0.2, -0.15) is 0 Å². The number of carbonyl (C=O) groups excluding carboxylic acids is 1. The van der Waals surface area contributed by atoms with Crippen LogP contribution < -0.4 is 15.8 Å². The fourth-order valence-corrected chi connectivity index (χ4v) is 2.27. The van der Waals surface area contributed by atoms with Crippen molar-refractivity contribution in [3.63, 3.8) is 0 Å². The molecule has 0 bridgehead atoms. The Morgan fingerprint density at radius 2 is 2.00 bits per heavy atom. The Balaban J connectivity index is 2.76. The van der Waals surface area contributed by atoms with Gasteiger partial charge in [-0.05, 0) is 44.0 Å². The lowest BCUT2D eigenvalue weighted by molar-refractivity contribution is 0.0953. The van der Waals surface area contributed by atoms with Gasteiger partial charge in [0.2, 0.25) is 10.0 Å². The highest BCUT2D eigenvalue weighted by atomic mass is 32.2. The molecule has 0 spiro atoms. The normalized spacial score (nSPS) is 11.2. The summed E-state index contributed by atoms with van der Waals surface area (Å²) in [6, 6.07) is 4.91. The zero-order valence-electron chi connectivity index (χ0n) is 11.8. The first kappa shape index (κ1) is 16.5. The van der Waals surface area contributed by atoms with Crippen LogP contribution in [-0.2, 0) is 10.0 Å². The number of unbranched alkanes of at least 4 members (excludes halogenated alkanes) is 1. The average molecular weight is 299 g/mol. The Labute approximate surface area is 119 Å². The minimum absolute atomic E-state index is 0.224. The van der Waals surface area contributed by atoms with Crippen molar-refractivity contribution in [1.29, 1.82) is 0 Å². The molecule has 1 aromatic carbocycles. The highest BCUT2D eigenvalue weighted by Gasteiger charge is 2.10. The molecule has 7 heteroatoms. The van der Waals surface area contributed by atoms with Gasteiger partial charge in [-0.3, -0.25) is 9.52 Å². The lowest BCUT2D eigenvalue weighted by atomic mass is 10.1. The van der Waals surface area contributed by atoms with Crippen LogP contribution in [0, 0.1) is 6.92 Å². The van der Waals surface area contributed by atoms with Crippen molar-refractivity contribution in [3.05, 3.63) is 29.3 Å². The van der Waals surface area contributed by atoms with Gasteiger partial charge in [0.15, 0.2) is 0 Å². The Bertz CT molecular complexity index is 570. The third-order valence-electron chi connectivity index (χ3n) is 2.71. The van der Waals surface area contributed by atoms with Gasteiger partial charge in [0, 0.05) is 12.1 Å². The van der Waals surface area contributed by atoms with Crippen molar-refractivity contribution in [2.24, 2.45) is 5.73 Å². The van der Waals surface area contributed by atoms with Crippen molar-refractivity contribution in [1.82, 2.24) is 5.32 Å². The number of nitrogens with one attached hydrogen (secondary N) is 2. The molecular formula is C13H21N3O3S. The summed E-state index contributed by atoms with van der Waals surface area (Å²) < 4.78 is 24.9. The molecule has 0 aliphatic carbocycles. The van der Waals surface area contributed by atoms with E-state index < -0.39 is 10.0 Å². The summed E-state index contributed by atoms with van der Waals surface area (Å²) in [6.07, 6.45) is 2.75. The zero-order valence-corrected chi connectivity index (χ0v) is 12.6. The van der Waals surface area contributed by atoms with E-state index in [1.807, 2.05) is 0 Å². The molecule has 0 saturated heterocycles. The molecule has 1 aromatic rings. The SMILES string of the molecule is Cc1ccc(C(=O)NCCCCN)cc1NS(C)(=O)=O. The van der Waals surface area contributed by atoms with Crippen LogP contribution in [0.15, 0.2) is 18.2 Å². The Morgan fingerprint density at radius 1 is 1.30 bits per heavy atom. The van der Waals surface area contributed by atoms with Crippen LogP contribution in [0.1, 0.15) is 28.8 Å². The van der Waals surface area contributed by atoms with E-state index in [1.54, 1.807) is 19.1 Å². The fraction of sp³-hybridized carbons (Fsp3) is 0.462. The molecule has 1 rings (SSSR count). The van der Waals surface area contributed by atoms with E-state index in [9.17, 15) is 13.2 Å². The van der Waals surface area contributed by atoms with Crippen molar-refractivity contribution in [3.8, 4) is 0 Å². The monoisotopic (exact) mass is 299 g/mol. The summed E-state index contributed by atoms with van der Waals surface area (Å²) in [5.74, 6) is -0.224. The van der Waals surface area contributed by atoms with Crippen LogP contribution in [0.2, 0.25) is 0 Å². The Morgan fingerprint density at radius 3 is 2.60 bits per heavy atom. The topological polar surface area (TPSA) is 101 Å². The highest BCUT2D eigenvalue weighted by Crippen LogP contribution is 2.18. The second-order valence-corrected chi connectivity index (χ2v) is 6.40. The number of anilines is 1. The average Bonchev–Trinajstić information content (AvgIpc) is 2.35. The quantitative estimate of drug-likeness (QED) is 0.649. The number of rotatable bonds is 7. The second-order valence-electron chi connectivity index (χ2n) is 4.66. The molecule has 0 radical (unpaired) electrons. The molecule has 0 fully saturated rings. The summed E-state index contributed by atoms with van der Waals surface area (Å²) in [5, 5.41) is 2.77. The van der Waals surface area contributed by atoms with Crippen molar-refractivity contribution < 1.29 is 13.2 Å². The van der Waals surface area contributed by atoms with Gasteiger partial charge in [0.1, 0.15) is 0 Å². The first-order valence-electron chi connectivity index (χ1n) is 6.40. The van der Waals surface area contributed by atoms with Crippen LogP contribution in [0.5, 0.6) is 0 Å². The van der Waals surface area contributed by atoms with Gasteiger partial charge in [-0.1, -0.05) is 6.07 Å². The largest absolute Gasteiger partial charge is 0.352 e. The van der Waals surface area contributed by atoms with Gasteiger partial charge in [-0.15, -0.1) is 0 Å². The standard InChI is InChI=1S/C13H21N3O3S/c1-10-5-6-11(9-12(10)16-20(2,18)19)13(17)15-8-4-3-7-14/h5-6,9,16H,3-4,7-8,14H2,1-2H3,(H,15,17). The molecule has 0 atom stereocenters. The van der Waals surface area contributed by atoms with E-state index in [0.29, 0.717) is 24.3 Å². The third kappa shape index (κ3) is 5.58. The number of hydrogen-bond donors (Lipinski definition) is 3. The van der Waals surface area contributed by atoms with Crippen LogP contribution in [0.25, 0.3) is 0 Å². The predicted octanol–water partition coefficient (Wildman–Crippen LogP) is 0.835. The number of aryl methyl sites for hydroxylation is 1. The van der Waals surface area contributed by atoms with Crippen molar-refractivity contribution in [2.75, 3.05) is 24.1 Å². The fourth-order valence-electron chi connectivity index (χ4n) is 1.65. The van der Waals surface area contributed by atoms with Gasteiger partial charge in [0.25, 0.3) is 5.91 Å². The maximum atomic E-state index is 11.9. The number of nitrogens with two attached hydrogens (primary N) is 1. The smallest absolute Gasteiger partial charge is 0.251 e. The molecular weight excluding hydrogens is 278 g/mol. The van der Waals surface area contributed by atoms with Gasteiger partial charge in [-0.25, -0.2) is 8.42 Å². The van der Waals surface area contributed by atoms with Gasteiger partial charge < -0.3 is 11.1 Å². The molecule has 4 N–H and O–H groups in total. The van der Waals surface area contributed by atoms with Gasteiger partial charge in [0.05, 0.1) is 11.9 Å². The molecule has 0 unspecified atom stereocenters. The highest BCUT2D eigenvalue weighted by molar-refractivity contribution is 7.92. The number of amides is 1. The maximum Gasteiger partial charge on any atom is 0.251 e. The molecule has 0 heterocycles. The first-order valence-corrected chi connectivity index (χ1v) is 8.29. The molecule has 6 nitrogen and oxygen atoms in total. The molecule has 0 aliphatic rings. The van der Waals surface area contributed by atoms with E-state index in [0.717, 1.165) is 24.7 Å². The number of hydrogen-bond acceptors (Lipinski definition) is 4. The zero-order chi connectivity index (χ0) is 15.2. The van der Waals surface area contributed by atoms with Crippen LogP contribution in [0.4, 0.5) is 5.69 Å². The summed E-state index contributed by atoms with van der Waals surface area (Å²) in [4.78, 5) is 11.9. The molecule has 1 amide bonds. The van der Waals surface area contributed by atoms with Crippen LogP contribution >= 0.6 is 0 Å². The lowest BCUT2D eigenvalue weighted by Crippen LogP contribution is -2.25. The maximum absolute atomic E-state index is 11.9. The number of sulfonamides is 1. The summed E-state index contributed by atoms with van der Waals surface area (Å²) in [6.45, 7) is 2.93. The molecule has 0 saturated carbocycles. The molecule has 0 aromatic heterocycles. The third-order valence-corrected chi connectivity index (χ3v) is 3.30. The molecule has 20 heavy (non-hydrogen) atoms. The number of carbonyl (C=O) groups is 1. The minimum Gasteiger partial charge on any atom is -0.352 e. The van der Waals surface area contributed by atoms with Crippen molar-refractivity contribution in [2.45, 2.75) is 19.8 Å². The Hall–Kier alpha value is -1.60. The van der Waals surface area contributed by atoms with Crippen LogP contribution in [-0.4, -0.2) is 33.7 Å². The summed E-state index contributed by atoms with van der Waals surface area (Å²) in [7, 11) is -3.36. The van der Waals surface area contributed by atoms with Crippen LogP contribution in [0.3, 0.4) is 0 Å². The van der Waals surface area contributed by atoms with E-state index >= 15 is 0 Å². The first-order chi connectivity index (χ1) is 9.33. The summed E-state index contributed by atoms with van der Waals surface area (Å²) >= 11 is 0. The lowest BCUT2D eigenvalue weighted by Gasteiger charge is -2.10. The number of benzene rings is 1. The minimum atomic E-state index is -3.36. The van der Waals surface area contributed by atoms with E-state index in [2.05, 4.69) is 10.0 Å². The van der Waals surface area contributed by atoms with E-state index in [-0.39, 0.29) is 5.91 Å². The molecule has 0 aliphatic heterocycles. The predicted molar refractivity (Wildman–Crippen MR) is 80.3 cm³/mol. The van der Waals surface area contributed by atoms with E-state index in [1.165, 1.54) is 6.07 Å². The summed E-state index contributed by atoms with van der Waals surface area (Å²) in [5.41, 5.74) is 6.98. The molecule has 112 valence electrons. The van der Waals surface area contributed by atoms with Gasteiger partial charge >= 0.3 is 0 Å². The van der Waals surface area contributed by atoms with Crippen molar-refractivity contribution >= 4 is 21.6 Å². The Kier molecular flexibility index (Phi) is 5.97. The second kappa shape index (κ2) is 7.25.